The van der Waals surface area contributed by atoms with Crippen LogP contribution >= 0.6 is 0 Å². The van der Waals surface area contributed by atoms with Crippen LogP contribution in [0.5, 0.6) is 0 Å². The Balaban J connectivity index is 1.34. The highest BCUT2D eigenvalue weighted by Crippen LogP contribution is 2.50. The van der Waals surface area contributed by atoms with Crippen LogP contribution in [-0.4, -0.2) is 29.8 Å². The Bertz CT molecular complexity index is 1070. The Morgan fingerprint density at radius 1 is 1.13 bits per heavy atom. The van der Waals surface area contributed by atoms with Gasteiger partial charge in [-0.2, -0.15) is 0 Å². The van der Waals surface area contributed by atoms with E-state index in [-0.39, 0.29) is 31.3 Å². The number of imide groups is 1. The molecular weight excluding hydrogens is 394 g/mol. The van der Waals surface area contributed by atoms with E-state index in [2.05, 4.69) is 15.9 Å². The molecule has 1 aliphatic carbocycles. The van der Waals surface area contributed by atoms with E-state index in [1.54, 1.807) is 12.1 Å². The fraction of sp³-hybridized carbons (Fsp3) is 0.522. The van der Waals surface area contributed by atoms with E-state index in [4.69, 9.17) is 0 Å². The first-order chi connectivity index (χ1) is 15.0. The number of carbonyl (C=O) groups excluding carboxylic acids is 2. The summed E-state index contributed by atoms with van der Waals surface area (Å²) in [6.07, 6.45) is 11.0. The van der Waals surface area contributed by atoms with Crippen molar-refractivity contribution >= 4 is 35.2 Å². The van der Waals surface area contributed by atoms with Crippen LogP contribution in [0.1, 0.15) is 51.0 Å². The molecule has 3 amide bonds. The van der Waals surface area contributed by atoms with Gasteiger partial charge in [-0.15, -0.1) is 0 Å². The SMILES string of the molecule is N#CB1CCC2(CC1)CCC(n1ccc3c(F)c(N4CCC(=O)NC4=O)ccc31)CC2. The lowest BCUT2D eigenvalue weighted by Crippen LogP contribution is -2.49. The summed E-state index contributed by atoms with van der Waals surface area (Å²) < 4.78 is 17.5. The quantitative estimate of drug-likeness (QED) is 0.717. The molecule has 1 aromatic heterocycles. The molecule has 1 spiro atoms. The third-order valence-electron chi connectivity index (χ3n) is 7.80. The van der Waals surface area contributed by atoms with Gasteiger partial charge in [0, 0.05) is 36.6 Å². The van der Waals surface area contributed by atoms with Gasteiger partial charge in [-0.05, 0) is 49.3 Å². The van der Waals surface area contributed by atoms with Gasteiger partial charge in [-0.3, -0.25) is 15.0 Å². The summed E-state index contributed by atoms with van der Waals surface area (Å²) in [6, 6.07) is 5.11. The third-order valence-corrected chi connectivity index (χ3v) is 7.80. The van der Waals surface area contributed by atoms with Crippen molar-refractivity contribution in [1.29, 1.82) is 5.26 Å². The molecule has 0 unspecified atom stereocenters. The molecule has 0 bridgehead atoms. The number of rotatable bonds is 2. The van der Waals surface area contributed by atoms with E-state index in [0.29, 0.717) is 16.8 Å². The van der Waals surface area contributed by atoms with Crippen molar-refractivity contribution in [2.75, 3.05) is 11.4 Å². The highest BCUT2D eigenvalue weighted by Gasteiger charge is 2.40. The first-order valence-electron chi connectivity index (χ1n) is 11.3. The zero-order chi connectivity index (χ0) is 21.6. The molecule has 1 N–H and O–H groups in total. The van der Waals surface area contributed by atoms with Crippen LogP contribution < -0.4 is 10.2 Å². The molecule has 2 saturated heterocycles. The number of fused-ring (bicyclic) bond motifs is 1. The number of hydrogen-bond acceptors (Lipinski definition) is 3. The molecule has 3 fully saturated rings. The van der Waals surface area contributed by atoms with Gasteiger partial charge in [-0.1, -0.05) is 25.5 Å². The smallest absolute Gasteiger partial charge is 0.328 e. The molecule has 6 nitrogen and oxygen atoms in total. The summed E-state index contributed by atoms with van der Waals surface area (Å²) in [6.45, 7) is 0.416. The summed E-state index contributed by atoms with van der Waals surface area (Å²) in [5.41, 5.74) is 1.46. The second-order valence-corrected chi connectivity index (χ2v) is 9.44. The number of nitriles is 1. The first-order valence-corrected chi connectivity index (χ1v) is 11.3. The van der Waals surface area contributed by atoms with E-state index in [1.165, 1.54) is 4.90 Å². The van der Waals surface area contributed by atoms with Gasteiger partial charge in [0.25, 0.3) is 6.71 Å². The van der Waals surface area contributed by atoms with E-state index >= 15 is 4.39 Å². The normalized spacial score (nSPS) is 22.1. The minimum atomic E-state index is -0.572. The number of aromatic nitrogens is 1. The fourth-order valence-corrected chi connectivity index (χ4v) is 5.86. The second-order valence-electron chi connectivity index (χ2n) is 9.44. The van der Waals surface area contributed by atoms with Gasteiger partial charge in [0.05, 0.1) is 11.2 Å². The molecule has 1 aromatic carbocycles. The first kappa shape index (κ1) is 20.1. The predicted molar refractivity (Wildman–Crippen MR) is 118 cm³/mol. The average molecular weight is 420 g/mol. The molecule has 1 saturated carbocycles. The number of nitrogens with one attached hydrogen (secondary N) is 1. The Labute approximate surface area is 181 Å². The molecule has 3 heterocycles. The van der Waals surface area contributed by atoms with Crippen LogP contribution in [0.2, 0.25) is 12.6 Å². The Kier molecular flexibility index (Phi) is 5.00. The van der Waals surface area contributed by atoms with Crippen LogP contribution in [0.3, 0.4) is 0 Å². The molecule has 31 heavy (non-hydrogen) atoms. The van der Waals surface area contributed by atoms with E-state index in [0.717, 1.165) is 56.7 Å². The minimum absolute atomic E-state index is 0.170. The largest absolute Gasteiger partial charge is 0.344 e. The molecule has 2 aliphatic heterocycles. The lowest BCUT2D eigenvalue weighted by atomic mass is 9.38. The summed E-state index contributed by atoms with van der Waals surface area (Å²) >= 11 is 0. The van der Waals surface area contributed by atoms with E-state index < -0.39 is 11.8 Å². The Morgan fingerprint density at radius 2 is 1.87 bits per heavy atom. The number of amides is 3. The van der Waals surface area contributed by atoms with Gasteiger partial charge in [0.2, 0.25) is 5.91 Å². The number of carbonyl (C=O) groups is 2. The fourth-order valence-electron chi connectivity index (χ4n) is 5.86. The monoisotopic (exact) mass is 420 g/mol. The predicted octanol–water partition coefficient (Wildman–Crippen LogP) is 4.68. The summed E-state index contributed by atoms with van der Waals surface area (Å²) in [5.74, 6) is 1.69. The zero-order valence-corrected chi connectivity index (χ0v) is 17.6. The standard InChI is InChI=1S/C23H26BFN4O2/c25-21-17-5-13-28(16-3-7-23(8-4-16)9-11-24(15-26)12-10-23)18(17)1-2-19(21)29-14-6-20(30)27-22(29)31/h1-2,5,13,16H,3-4,6-12,14H2,(H,27,30,31). The molecule has 160 valence electrons. The molecule has 2 aromatic rings. The minimum Gasteiger partial charge on any atom is -0.344 e. The number of benzene rings is 1. The van der Waals surface area contributed by atoms with Gasteiger partial charge in [0.1, 0.15) is 0 Å². The average Bonchev–Trinajstić information content (AvgIpc) is 3.21. The van der Waals surface area contributed by atoms with Crippen LogP contribution in [0.15, 0.2) is 24.4 Å². The maximum atomic E-state index is 15.3. The molecule has 5 rings (SSSR count). The topological polar surface area (TPSA) is 78.1 Å². The van der Waals surface area contributed by atoms with Gasteiger partial charge in [0.15, 0.2) is 5.82 Å². The van der Waals surface area contributed by atoms with Crippen molar-refractivity contribution in [2.45, 2.75) is 63.6 Å². The van der Waals surface area contributed by atoms with Crippen LogP contribution in [0, 0.1) is 22.5 Å². The molecule has 3 aliphatic rings. The lowest BCUT2D eigenvalue weighted by molar-refractivity contribution is -0.120. The molecular formula is C23H26BFN4O2. The van der Waals surface area contributed by atoms with Crippen molar-refractivity contribution in [3.05, 3.63) is 30.2 Å². The molecule has 0 atom stereocenters. The van der Waals surface area contributed by atoms with Crippen molar-refractivity contribution in [1.82, 2.24) is 9.88 Å². The number of anilines is 1. The van der Waals surface area contributed by atoms with Crippen LogP contribution in [0.4, 0.5) is 14.9 Å². The number of halogens is 1. The maximum absolute atomic E-state index is 15.3. The van der Waals surface area contributed by atoms with E-state index in [1.807, 2.05) is 12.3 Å². The van der Waals surface area contributed by atoms with Gasteiger partial charge in [-0.25, -0.2) is 14.4 Å². The Hall–Kier alpha value is -2.82. The molecule has 8 heteroatoms. The van der Waals surface area contributed by atoms with Crippen molar-refractivity contribution < 1.29 is 14.0 Å². The van der Waals surface area contributed by atoms with Crippen LogP contribution in [0.25, 0.3) is 10.9 Å². The lowest BCUT2D eigenvalue weighted by Gasteiger charge is -2.44. The van der Waals surface area contributed by atoms with E-state index in [9.17, 15) is 14.9 Å². The maximum Gasteiger partial charge on any atom is 0.328 e. The highest BCUT2D eigenvalue weighted by molar-refractivity contribution is 6.67. The Morgan fingerprint density at radius 3 is 2.55 bits per heavy atom. The van der Waals surface area contributed by atoms with Crippen molar-refractivity contribution in [3.8, 4) is 5.97 Å². The van der Waals surface area contributed by atoms with Crippen LogP contribution in [-0.2, 0) is 4.79 Å². The molecule has 0 radical (unpaired) electrons. The summed E-state index contributed by atoms with van der Waals surface area (Å²) in [7, 11) is 0. The zero-order valence-electron chi connectivity index (χ0n) is 17.6. The number of nitrogens with zero attached hydrogens (tertiary/aromatic N) is 3. The van der Waals surface area contributed by atoms with Gasteiger partial charge >= 0.3 is 6.03 Å². The van der Waals surface area contributed by atoms with Crippen molar-refractivity contribution in [3.63, 3.8) is 0 Å². The number of urea groups is 1. The summed E-state index contributed by atoms with van der Waals surface area (Å²) in [5, 5.41) is 11.9. The third kappa shape index (κ3) is 3.50. The number of hydrogen-bond donors (Lipinski definition) is 1. The second kappa shape index (κ2) is 7.70. The summed E-state index contributed by atoms with van der Waals surface area (Å²) in [4.78, 5) is 24.8. The van der Waals surface area contributed by atoms with Crippen molar-refractivity contribution in [2.24, 2.45) is 5.41 Å². The van der Waals surface area contributed by atoms with Gasteiger partial charge < -0.3 is 4.57 Å². The highest BCUT2D eigenvalue weighted by atomic mass is 19.1.